The van der Waals surface area contributed by atoms with Crippen molar-refractivity contribution in [2.75, 3.05) is 10.8 Å². The van der Waals surface area contributed by atoms with Gasteiger partial charge in [0.25, 0.3) is 10.0 Å². The lowest BCUT2D eigenvalue weighted by Gasteiger charge is -2.34. The molecule has 0 fully saturated rings. The van der Waals surface area contributed by atoms with Crippen LogP contribution in [-0.4, -0.2) is 43.8 Å². The van der Waals surface area contributed by atoms with Gasteiger partial charge in [0.15, 0.2) is 0 Å². The van der Waals surface area contributed by atoms with Gasteiger partial charge in [-0.3, -0.25) is 13.9 Å². The average molecular weight is 686 g/mol. The molecule has 0 saturated carbocycles. The minimum Gasteiger partial charge on any atom is -0.352 e. The Bertz CT molecular complexity index is 1800. The van der Waals surface area contributed by atoms with E-state index in [1.165, 1.54) is 29.2 Å². The van der Waals surface area contributed by atoms with Crippen molar-refractivity contribution in [3.8, 4) is 0 Å². The fourth-order valence-electron chi connectivity index (χ4n) is 5.08. The van der Waals surface area contributed by atoms with Gasteiger partial charge >= 0.3 is 6.18 Å². The Labute approximate surface area is 278 Å². The molecule has 0 unspecified atom stereocenters. The second-order valence-corrected chi connectivity index (χ2v) is 13.6. The third-order valence-electron chi connectivity index (χ3n) is 7.29. The van der Waals surface area contributed by atoms with Crippen LogP contribution in [0.25, 0.3) is 0 Å². The van der Waals surface area contributed by atoms with Crippen molar-refractivity contribution in [2.45, 2.75) is 56.9 Å². The molecule has 0 aliphatic heterocycles. The van der Waals surface area contributed by atoms with Gasteiger partial charge in [0.2, 0.25) is 11.8 Å². The van der Waals surface area contributed by atoms with E-state index in [9.17, 15) is 31.2 Å². The van der Waals surface area contributed by atoms with Crippen molar-refractivity contribution >= 4 is 39.1 Å². The van der Waals surface area contributed by atoms with Crippen LogP contribution in [0.3, 0.4) is 0 Å². The molecule has 4 aromatic rings. The number of hydrogen-bond donors (Lipinski definition) is 1. The molecule has 0 bridgehead atoms. The van der Waals surface area contributed by atoms with Gasteiger partial charge in [-0.1, -0.05) is 90.0 Å². The Morgan fingerprint density at radius 1 is 0.851 bits per heavy atom. The largest absolute Gasteiger partial charge is 0.417 e. The van der Waals surface area contributed by atoms with E-state index in [0.717, 1.165) is 23.3 Å². The van der Waals surface area contributed by atoms with Gasteiger partial charge < -0.3 is 10.2 Å². The number of halogens is 4. The average Bonchev–Trinajstić information content (AvgIpc) is 3.02. The molecule has 1 atom stereocenters. The third-order valence-corrected chi connectivity index (χ3v) is 9.41. The molecular formula is C35H35ClF3N3O4S. The zero-order chi connectivity index (χ0) is 34.4. The number of rotatable bonds is 12. The van der Waals surface area contributed by atoms with E-state index < -0.39 is 56.9 Å². The molecule has 0 radical (unpaired) electrons. The highest BCUT2D eigenvalue weighted by Crippen LogP contribution is 2.38. The number of nitrogens with one attached hydrogen (secondary N) is 1. The highest BCUT2D eigenvalue weighted by Gasteiger charge is 2.37. The molecule has 1 N–H and O–H groups in total. The van der Waals surface area contributed by atoms with Crippen LogP contribution >= 0.6 is 11.6 Å². The predicted octanol–water partition coefficient (Wildman–Crippen LogP) is 7.03. The summed E-state index contributed by atoms with van der Waals surface area (Å²) in [4.78, 5) is 29.3. The molecule has 4 aromatic carbocycles. The third kappa shape index (κ3) is 9.14. The molecule has 7 nitrogen and oxygen atoms in total. The van der Waals surface area contributed by atoms with Crippen LogP contribution in [0.5, 0.6) is 0 Å². The fourth-order valence-corrected chi connectivity index (χ4v) is 6.73. The summed E-state index contributed by atoms with van der Waals surface area (Å²) in [6, 6.07) is 24.7. The molecule has 248 valence electrons. The number of sulfonamides is 1. The van der Waals surface area contributed by atoms with E-state index in [2.05, 4.69) is 5.32 Å². The van der Waals surface area contributed by atoms with Crippen molar-refractivity contribution in [1.29, 1.82) is 0 Å². The fraction of sp³-hybridized carbons (Fsp3) is 0.257. The second-order valence-electron chi connectivity index (χ2n) is 11.4. The van der Waals surface area contributed by atoms with E-state index in [1.807, 2.05) is 37.3 Å². The number of carbonyl (C=O) groups is 2. The van der Waals surface area contributed by atoms with Crippen LogP contribution in [0.2, 0.25) is 5.02 Å². The minimum atomic E-state index is -4.90. The van der Waals surface area contributed by atoms with Crippen molar-refractivity contribution in [2.24, 2.45) is 0 Å². The smallest absolute Gasteiger partial charge is 0.352 e. The summed E-state index contributed by atoms with van der Waals surface area (Å²) in [6.07, 6.45) is -4.80. The highest BCUT2D eigenvalue weighted by atomic mass is 35.5. The maximum atomic E-state index is 14.5. The number of benzene rings is 4. The number of aryl methyl sites for hydroxylation is 1. The summed E-state index contributed by atoms with van der Waals surface area (Å²) in [5.74, 6) is -1.26. The maximum Gasteiger partial charge on any atom is 0.417 e. The standard InChI is InChI=1S/C35H35ClF3N3O4S/c1-24(2)40-34(44)32(20-26-12-6-4-7-13-26)41(22-27-14-10-11-25(3)19-27)33(43)23-42(47(45,46)29-15-8-5-9-16-29)28-17-18-31(36)30(21-28)35(37,38)39/h4-19,21,24,32H,20,22-23H2,1-3H3,(H,40,44)/t32-/m1/s1. The molecule has 0 saturated heterocycles. The van der Waals surface area contributed by atoms with Gasteiger partial charge in [-0.2, -0.15) is 13.2 Å². The lowest BCUT2D eigenvalue weighted by molar-refractivity contribution is -0.140. The quantitative estimate of drug-likeness (QED) is 0.174. The molecule has 47 heavy (non-hydrogen) atoms. The Morgan fingerprint density at radius 3 is 2.06 bits per heavy atom. The summed E-state index contributed by atoms with van der Waals surface area (Å²) in [5, 5.41) is 2.24. The zero-order valence-electron chi connectivity index (χ0n) is 26.0. The molecule has 0 aliphatic carbocycles. The Morgan fingerprint density at radius 2 is 1.47 bits per heavy atom. The highest BCUT2D eigenvalue weighted by molar-refractivity contribution is 7.92. The van der Waals surface area contributed by atoms with Gasteiger partial charge in [-0.15, -0.1) is 0 Å². The molecule has 0 aromatic heterocycles. The SMILES string of the molecule is Cc1cccc(CN(C(=O)CN(c2ccc(Cl)c(C(F)(F)F)c2)S(=O)(=O)c2ccccc2)[C@H](Cc2ccccc2)C(=O)NC(C)C)c1. The topological polar surface area (TPSA) is 86.8 Å². The van der Waals surface area contributed by atoms with Crippen molar-refractivity contribution < 1.29 is 31.2 Å². The number of nitrogens with zero attached hydrogens (tertiary/aromatic N) is 2. The van der Waals surface area contributed by atoms with Crippen LogP contribution < -0.4 is 9.62 Å². The molecule has 0 spiro atoms. The number of hydrogen-bond acceptors (Lipinski definition) is 4. The van der Waals surface area contributed by atoms with Crippen LogP contribution in [0, 0.1) is 6.92 Å². The van der Waals surface area contributed by atoms with Gasteiger partial charge in [-0.05, 0) is 62.2 Å². The van der Waals surface area contributed by atoms with Crippen LogP contribution in [0.15, 0.2) is 108 Å². The van der Waals surface area contributed by atoms with E-state index in [-0.39, 0.29) is 23.9 Å². The summed E-state index contributed by atoms with van der Waals surface area (Å²) in [7, 11) is -4.59. The molecule has 0 heterocycles. The first-order valence-electron chi connectivity index (χ1n) is 14.8. The molecule has 12 heteroatoms. The lowest BCUT2D eigenvalue weighted by atomic mass is 10.0. The molecular weight excluding hydrogens is 651 g/mol. The van der Waals surface area contributed by atoms with Crippen LogP contribution in [-0.2, 0) is 38.8 Å². The number of amides is 2. The first kappa shape index (κ1) is 35.5. The normalized spacial score (nSPS) is 12.4. The predicted molar refractivity (Wildman–Crippen MR) is 176 cm³/mol. The van der Waals surface area contributed by atoms with E-state index in [4.69, 9.17) is 11.6 Å². The van der Waals surface area contributed by atoms with E-state index >= 15 is 0 Å². The Balaban J connectivity index is 1.86. The number of anilines is 1. The van der Waals surface area contributed by atoms with Crippen molar-refractivity contribution in [3.05, 3.63) is 130 Å². The van der Waals surface area contributed by atoms with Gasteiger partial charge in [-0.25, -0.2) is 8.42 Å². The van der Waals surface area contributed by atoms with Crippen LogP contribution in [0.4, 0.5) is 18.9 Å². The number of alkyl halides is 3. The van der Waals surface area contributed by atoms with E-state index in [1.54, 1.807) is 44.2 Å². The molecule has 2 amide bonds. The van der Waals surface area contributed by atoms with Crippen LogP contribution in [0.1, 0.15) is 36.1 Å². The van der Waals surface area contributed by atoms with Gasteiger partial charge in [0.05, 0.1) is 21.2 Å². The maximum absolute atomic E-state index is 14.5. The van der Waals surface area contributed by atoms with Crippen molar-refractivity contribution in [1.82, 2.24) is 10.2 Å². The monoisotopic (exact) mass is 685 g/mol. The summed E-state index contributed by atoms with van der Waals surface area (Å²) >= 11 is 5.86. The Hall–Kier alpha value is -4.35. The first-order valence-corrected chi connectivity index (χ1v) is 16.6. The molecule has 4 rings (SSSR count). The molecule has 0 aliphatic rings. The van der Waals surface area contributed by atoms with E-state index in [0.29, 0.717) is 15.9 Å². The van der Waals surface area contributed by atoms with Crippen molar-refractivity contribution in [3.63, 3.8) is 0 Å². The minimum absolute atomic E-state index is 0.0722. The summed E-state index contributed by atoms with van der Waals surface area (Å²) in [5.41, 5.74) is 0.653. The summed E-state index contributed by atoms with van der Waals surface area (Å²) in [6.45, 7) is 4.45. The lowest BCUT2D eigenvalue weighted by Crippen LogP contribution is -2.54. The Kier molecular flexibility index (Phi) is 11.4. The number of carbonyl (C=O) groups excluding carboxylic acids is 2. The zero-order valence-corrected chi connectivity index (χ0v) is 27.6. The van der Waals surface area contributed by atoms with Gasteiger partial charge in [0.1, 0.15) is 12.6 Å². The summed E-state index contributed by atoms with van der Waals surface area (Å²) < 4.78 is 70.4. The first-order chi connectivity index (χ1) is 22.2. The second kappa shape index (κ2) is 15.0. The van der Waals surface area contributed by atoms with Gasteiger partial charge in [0, 0.05) is 19.0 Å².